The third-order valence-corrected chi connectivity index (χ3v) is 6.77. The molecule has 0 spiro atoms. The molecule has 4 nitrogen and oxygen atoms in total. The maximum absolute atomic E-state index is 10.3. The summed E-state index contributed by atoms with van der Waals surface area (Å²) in [5.41, 5.74) is 0. The first-order valence-electron chi connectivity index (χ1n) is 9.26. The van der Waals surface area contributed by atoms with Gasteiger partial charge in [0.2, 0.25) is 0 Å². The Labute approximate surface area is 170 Å². The van der Waals surface area contributed by atoms with E-state index in [2.05, 4.69) is 0 Å². The minimum Gasteiger partial charge on any atom is -0.504 e. The molecule has 0 aliphatic rings. The molecule has 0 unspecified atom stereocenters. The largest absolute Gasteiger partial charge is 0.737 e. The topological polar surface area (TPSA) is 47.9 Å². The average Bonchev–Trinajstić information content (AvgIpc) is 2.77. The highest BCUT2D eigenvalue weighted by Crippen LogP contribution is 2.30. The molecule has 5 heteroatoms. The number of hydrogen-bond acceptors (Lipinski definition) is 4. The van der Waals surface area contributed by atoms with Gasteiger partial charge in [-0.05, 0) is 36.4 Å². The summed E-state index contributed by atoms with van der Waals surface area (Å²) in [5.74, 6) is 1.56. The third-order valence-electron chi connectivity index (χ3n) is 4.23. The molecule has 0 radical (unpaired) electrons. The summed E-state index contributed by atoms with van der Waals surface area (Å²) in [6, 6.07) is 35.2. The molecule has 0 amide bonds. The van der Waals surface area contributed by atoms with E-state index in [0.717, 1.165) is 5.19 Å². The monoisotopic (exact) mass is 400 g/mol. The second-order valence-electron chi connectivity index (χ2n) is 6.32. The van der Waals surface area contributed by atoms with E-state index in [1.54, 1.807) is 24.3 Å². The normalized spacial score (nSPS) is 10.9. The van der Waals surface area contributed by atoms with Crippen LogP contribution >= 0.6 is 0 Å². The van der Waals surface area contributed by atoms with Gasteiger partial charge in [0.1, 0.15) is 11.5 Å². The molecule has 0 bridgehead atoms. The van der Waals surface area contributed by atoms with Crippen molar-refractivity contribution in [1.29, 1.82) is 0 Å². The van der Waals surface area contributed by atoms with E-state index in [9.17, 15) is 5.11 Å². The molecule has 144 valence electrons. The van der Waals surface area contributed by atoms with Crippen LogP contribution in [0.1, 0.15) is 0 Å². The van der Waals surface area contributed by atoms with Crippen LogP contribution in [-0.4, -0.2) is 13.9 Å². The number of aromatic hydroxyl groups is 1. The van der Waals surface area contributed by atoms with Crippen molar-refractivity contribution in [3.63, 3.8) is 0 Å². The summed E-state index contributed by atoms with van der Waals surface area (Å²) in [5, 5.41) is 11.1. The first kappa shape index (κ1) is 18.7. The number of para-hydroxylation sites is 4. The Morgan fingerprint density at radius 1 is 0.483 bits per heavy atom. The fraction of sp³-hybridized carbons (Fsp3) is 0. The van der Waals surface area contributed by atoms with Gasteiger partial charge in [0.05, 0.1) is 5.19 Å². The second kappa shape index (κ2) is 8.54. The van der Waals surface area contributed by atoms with Gasteiger partial charge in [-0.2, -0.15) is 0 Å². The molecule has 0 aliphatic heterocycles. The average molecular weight is 401 g/mol. The van der Waals surface area contributed by atoms with E-state index in [1.165, 1.54) is 0 Å². The summed E-state index contributed by atoms with van der Waals surface area (Å²) < 4.78 is 19.2. The van der Waals surface area contributed by atoms with Crippen molar-refractivity contribution >= 4 is 14.0 Å². The van der Waals surface area contributed by atoms with Gasteiger partial charge in [0.15, 0.2) is 11.5 Å². The van der Waals surface area contributed by atoms with Crippen LogP contribution in [0.15, 0.2) is 115 Å². The molecule has 1 N–H and O–H groups in total. The van der Waals surface area contributed by atoms with Gasteiger partial charge in [-0.25, -0.2) is 0 Å². The van der Waals surface area contributed by atoms with Gasteiger partial charge >= 0.3 is 8.80 Å². The maximum Gasteiger partial charge on any atom is 0.737 e. The van der Waals surface area contributed by atoms with Crippen molar-refractivity contribution in [2.75, 3.05) is 0 Å². The van der Waals surface area contributed by atoms with Crippen LogP contribution in [0, 0.1) is 0 Å². The van der Waals surface area contributed by atoms with Crippen LogP contribution in [0.25, 0.3) is 0 Å². The number of benzene rings is 4. The smallest absolute Gasteiger partial charge is 0.504 e. The van der Waals surface area contributed by atoms with Gasteiger partial charge in [-0.3, -0.25) is 0 Å². The lowest BCUT2D eigenvalue weighted by Gasteiger charge is -2.30. The lowest BCUT2D eigenvalue weighted by molar-refractivity contribution is 0.274. The Morgan fingerprint density at radius 2 is 0.931 bits per heavy atom. The summed E-state index contributed by atoms with van der Waals surface area (Å²) in [4.78, 5) is 0. The van der Waals surface area contributed by atoms with E-state index in [0.29, 0.717) is 17.2 Å². The van der Waals surface area contributed by atoms with Gasteiger partial charge in [0, 0.05) is 0 Å². The standard InChI is InChI=1S/C24H20O4Si/c25-23-18-10-11-19-24(23)28-29(22-16-8-3-9-17-22,26-20-12-4-1-5-13-20)27-21-14-6-2-7-15-21/h1-19,25H. The zero-order chi connectivity index (χ0) is 19.9. The predicted octanol–water partition coefficient (Wildman–Crippen LogP) is 4.78. The first-order valence-corrected chi connectivity index (χ1v) is 11.0. The van der Waals surface area contributed by atoms with Crippen molar-refractivity contribution in [2.45, 2.75) is 0 Å². The Balaban J connectivity index is 1.84. The number of phenolic OH excluding ortho intramolecular Hbond substituents is 1. The maximum atomic E-state index is 10.3. The fourth-order valence-corrected chi connectivity index (χ4v) is 5.29. The SMILES string of the molecule is Oc1ccccc1O[Si](Oc1ccccc1)(Oc1ccccc1)c1ccccc1. The Kier molecular flexibility index (Phi) is 5.49. The van der Waals surface area contributed by atoms with E-state index >= 15 is 0 Å². The molecule has 4 rings (SSSR count). The quantitative estimate of drug-likeness (QED) is 0.454. The van der Waals surface area contributed by atoms with Gasteiger partial charge in [-0.15, -0.1) is 0 Å². The van der Waals surface area contributed by atoms with Gasteiger partial charge < -0.3 is 18.4 Å². The van der Waals surface area contributed by atoms with Crippen LogP contribution in [-0.2, 0) is 0 Å². The molecule has 0 saturated carbocycles. The lowest BCUT2D eigenvalue weighted by atomic mass is 10.3. The summed E-state index contributed by atoms with van der Waals surface area (Å²) >= 11 is 0. The summed E-state index contributed by atoms with van der Waals surface area (Å²) in [7, 11) is -3.59. The molecule has 0 atom stereocenters. The highest BCUT2D eigenvalue weighted by atomic mass is 28.4. The lowest BCUT2D eigenvalue weighted by Crippen LogP contribution is -2.64. The van der Waals surface area contributed by atoms with Crippen LogP contribution in [0.4, 0.5) is 0 Å². The zero-order valence-electron chi connectivity index (χ0n) is 15.6. The summed E-state index contributed by atoms with van der Waals surface area (Å²) in [6.07, 6.45) is 0. The highest BCUT2D eigenvalue weighted by Gasteiger charge is 2.52. The molecule has 0 fully saturated rings. The van der Waals surface area contributed by atoms with Crippen LogP contribution in [0.5, 0.6) is 23.0 Å². The van der Waals surface area contributed by atoms with E-state index in [1.807, 2.05) is 91.0 Å². The Hall–Kier alpha value is -3.70. The van der Waals surface area contributed by atoms with Crippen LogP contribution < -0.4 is 18.5 Å². The van der Waals surface area contributed by atoms with Crippen LogP contribution in [0.3, 0.4) is 0 Å². The third kappa shape index (κ3) is 4.42. The molecular formula is C24H20O4Si. The zero-order valence-corrected chi connectivity index (χ0v) is 16.6. The Morgan fingerprint density at radius 3 is 1.45 bits per heavy atom. The minimum absolute atomic E-state index is 0.0219. The van der Waals surface area contributed by atoms with Crippen molar-refractivity contribution in [2.24, 2.45) is 0 Å². The Bertz CT molecular complexity index is 998. The molecule has 0 aliphatic carbocycles. The van der Waals surface area contributed by atoms with Crippen molar-refractivity contribution in [1.82, 2.24) is 0 Å². The minimum atomic E-state index is -3.59. The van der Waals surface area contributed by atoms with Crippen molar-refractivity contribution in [3.8, 4) is 23.0 Å². The van der Waals surface area contributed by atoms with E-state index in [-0.39, 0.29) is 5.75 Å². The molecule has 4 aromatic rings. The first-order chi connectivity index (χ1) is 14.3. The molecule has 29 heavy (non-hydrogen) atoms. The predicted molar refractivity (Wildman–Crippen MR) is 115 cm³/mol. The van der Waals surface area contributed by atoms with Gasteiger partial charge in [-0.1, -0.05) is 78.9 Å². The van der Waals surface area contributed by atoms with Crippen molar-refractivity contribution in [3.05, 3.63) is 115 Å². The molecule has 4 aromatic carbocycles. The van der Waals surface area contributed by atoms with Crippen molar-refractivity contribution < 1.29 is 18.4 Å². The fourth-order valence-electron chi connectivity index (χ4n) is 2.86. The van der Waals surface area contributed by atoms with Crippen LogP contribution in [0.2, 0.25) is 0 Å². The number of rotatable bonds is 7. The molecule has 0 heterocycles. The molecule has 0 aromatic heterocycles. The van der Waals surface area contributed by atoms with E-state index < -0.39 is 8.80 Å². The molecule has 0 saturated heterocycles. The summed E-state index contributed by atoms with van der Waals surface area (Å²) in [6.45, 7) is 0. The second-order valence-corrected chi connectivity index (χ2v) is 8.62. The highest BCUT2D eigenvalue weighted by molar-refractivity contribution is 6.77. The number of phenols is 1. The van der Waals surface area contributed by atoms with E-state index in [4.69, 9.17) is 13.3 Å². The van der Waals surface area contributed by atoms with Gasteiger partial charge in [0.25, 0.3) is 0 Å². The molecular weight excluding hydrogens is 380 g/mol. The number of hydrogen-bond donors (Lipinski definition) is 1.